The third-order valence-electron chi connectivity index (χ3n) is 3.80. The quantitative estimate of drug-likeness (QED) is 0.708. The first-order chi connectivity index (χ1) is 12.5. The first-order valence-corrected chi connectivity index (χ1v) is 9.67. The average molecular weight is 365 g/mol. The van der Waals surface area contributed by atoms with Gasteiger partial charge in [-0.05, 0) is 61.0 Å². The molecule has 0 saturated heterocycles. The van der Waals surface area contributed by atoms with E-state index in [-0.39, 0.29) is 5.91 Å². The van der Waals surface area contributed by atoms with Gasteiger partial charge in [0.15, 0.2) is 5.75 Å². The fraction of sp³-hybridized carbons (Fsp3) is 0.0952. The zero-order chi connectivity index (χ0) is 18.5. The maximum absolute atomic E-state index is 12.5. The van der Waals surface area contributed by atoms with Crippen LogP contribution >= 0.6 is 0 Å². The van der Waals surface area contributed by atoms with Gasteiger partial charge in [-0.15, -0.1) is 0 Å². The summed E-state index contributed by atoms with van der Waals surface area (Å²) in [4.78, 5) is 13.2. The number of para-hydroxylation sites is 2. The fourth-order valence-electron chi connectivity index (χ4n) is 2.46. The molecule has 0 aromatic heterocycles. The van der Waals surface area contributed by atoms with Gasteiger partial charge < -0.3 is 10.1 Å². The highest BCUT2D eigenvalue weighted by Gasteiger charge is 2.11. The molecule has 3 rings (SSSR count). The smallest absolute Gasteiger partial charge is 0.255 e. The van der Waals surface area contributed by atoms with E-state index in [0.29, 0.717) is 27.6 Å². The van der Waals surface area contributed by atoms with Crippen molar-refractivity contribution in [2.45, 2.75) is 11.8 Å². The van der Waals surface area contributed by atoms with Crippen LogP contribution in [0.15, 0.2) is 77.7 Å². The summed E-state index contributed by atoms with van der Waals surface area (Å²) in [6.07, 6.45) is 1.61. The van der Waals surface area contributed by atoms with Gasteiger partial charge in [-0.25, -0.2) is 0 Å². The van der Waals surface area contributed by atoms with Crippen LogP contribution in [0.2, 0.25) is 0 Å². The van der Waals surface area contributed by atoms with Crippen LogP contribution in [0.1, 0.15) is 15.9 Å². The predicted octanol–water partition coefficient (Wildman–Crippen LogP) is 4.78. The number of amides is 1. The number of nitrogens with one attached hydrogen (secondary N) is 1. The second-order valence-corrected chi connectivity index (χ2v) is 7.23. The Balaban J connectivity index is 1.79. The number of hydrogen-bond acceptors (Lipinski definition) is 3. The standard InChI is InChI=1S/C21H19NO3S/c1-15-6-5-7-17(14-15)25-20-9-4-3-8-19(20)22-21(23)16-10-12-18(13-11-16)26(2)24/h3-14H,1-2H3,(H,22,23). The molecular formula is C21H19NO3S. The number of carbonyl (C=O) groups excluding carboxylic acids is 1. The van der Waals surface area contributed by atoms with E-state index in [1.54, 1.807) is 42.7 Å². The Morgan fingerprint density at radius 2 is 1.69 bits per heavy atom. The summed E-state index contributed by atoms with van der Waals surface area (Å²) < 4.78 is 17.4. The second kappa shape index (κ2) is 7.97. The summed E-state index contributed by atoms with van der Waals surface area (Å²) in [6, 6.07) is 21.7. The van der Waals surface area contributed by atoms with E-state index in [4.69, 9.17) is 4.74 Å². The summed E-state index contributed by atoms with van der Waals surface area (Å²) in [7, 11) is -1.07. The highest BCUT2D eigenvalue weighted by atomic mass is 32.2. The minimum Gasteiger partial charge on any atom is -0.455 e. The van der Waals surface area contributed by atoms with E-state index in [0.717, 1.165) is 5.56 Å². The summed E-state index contributed by atoms with van der Waals surface area (Å²) in [6.45, 7) is 1.99. The Kier molecular flexibility index (Phi) is 5.49. The van der Waals surface area contributed by atoms with E-state index in [1.165, 1.54) is 0 Å². The molecule has 0 aliphatic carbocycles. The molecular weight excluding hydrogens is 346 g/mol. The van der Waals surface area contributed by atoms with Gasteiger partial charge >= 0.3 is 0 Å². The summed E-state index contributed by atoms with van der Waals surface area (Å²) in [5.41, 5.74) is 2.17. The van der Waals surface area contributed by atoms with Gasteiger partial charge in [0.2, 0.25) is 0 Å². The molecule has 3 aromatic rings. The van der Waals surface area contributed by atoms with Crippen LogP contribution in [0.3, 0.4) is 0 Å². The van der Waals surface area contributed by atoms with Crippen LogP contribution < -0.4 is 10.1 Å². The van der Waals surface area contributed by atoms with Crippen molar-refractivity contribution in [3.05, 3.63) is 83.9 Å². The van der Waals surface area contributed by atoms with Gasteiger partial charge in [0.1, 0.15) is 5.75 Å². The van der Waals surface area contributed by atoms with Gasteiger partial charge in [0.05, 0.1) is 5.69 Å². The zero-order valence-electron chi connectivity index (χ0n) is 14.6. The molecule has 0 fully saturated rings. The Hall–Kier alpha value is -2.92. The topological polar surface area (TPSA) is 55.4 Å². The molecule has 0 heterocycles. The number of hydrogen-bond donors (Lipinski definition) is 1. The molecule has 132 valence electrons. The number of aryl methyl sites for hydroxylation is 1. The Morgan fingerprint density at radius 3 is 2.38 bits per heavy atom. The molecule has 1 unspecified atom stereocenters. The predicted molar refractivity (Wildman–Crippen MR) is 104 cm³/mol. The summed E-state index contributed by atoms with van der Waals surface area (Å²) in [5, 5.41) is 2.87. The van der Waals surface area contributed by atoms with Crippen molar-refractivity contribution in [3.63, 3.8) is 0 Å². The Morgan fingerprint density at radius 1 is 0.962 bits per heavy atom. The average Bonchev–Trinajstić information content (AvgIpc) is 2.63. The summed E-state index contributed by atoms with van der Waals surface area (Å²) >= 11 is 0. The van der Waals surface area contributed by atoms with Crippen molar-refractivity contribution in [1.29, 1.82) is 0 Å². The van der Waals surface area contributed by atoms with Gasteiger partial charge in [0.25, 0.3) is 5.91 Å². The molecule has 0 saturated carbocycles. The maximum Gasteiger partial charge on any atom is 0.255 e. The molecule has 4 nitrogen and oxygen atoms in total. The zero-order valence-corrected chi connectivity index (χ0v) is 15.4. The Bertz CT molecular complexity index is 951. The summed E-state index contributed by atoms with van der Waals surface area (Å²) in [5.74, 6) is 1.03. The number of anilines is 1. The molecule has 1 N–H and O–H groups in total. The third-order valence-corrected chi connectivity index (χ3v) is 4.74. The number of rotatable bonds is 5. The molecule has 26 heavy (non-hydrogen) atoms. The maximum atomic E-state index is 12.5. The van der Waals surface area contributed by atoms with E-state index in [2.05, 4.69) is 5.32 Å². The number of carbonyl (C=O) groups is 1. The highest BCUT2D eigenvalue weighted by Crippen LogP contribution is 2.30. The van der Waals surface area contributed by atoms with Crippen LogP contribution in [0.5, 0.6) is 11.5 Å². The van der Waals surface area contributed by atoms with Gasteiger partial charge in [-0.3, -0.25) is 9.00 Å². The molecule has 3 aromatic carbocycles. The first kappa shape index (κ1) is 17.9. The molecule has 0 spiro atoms. The molecule has 1 amide bonds. The van der Waals surface area contributed by atoms with Crippen LogP contribution in [0.4, 0.5) is 5.69 Å². The van der Waals surface area contributed by atoms with E-state index in [9.17, 15) is 9.00 Å². The molecule has 0 bridgehead atoms. The number of ether oxygens (including phenoxy) is 1. The van der Waals surface area contributed by atoms with Crippen molar-refractivity contribution in [2.75, 3.05) is 11.6 Å². The monoisotopic (exact) mass is 365 g/mol. The molecule has 1 atom stereocenters. The molecule has 0 aliphatic heterocycles. The molecule has 0 aliphatic rings. The number of benzene rings is 3. The Labute approximate surface area is 155 Å². The van der Waals surface area contributed by atoms with Crippen LogP contribution in [0.25, 0.3) is 0 Å². The van der Waals surface area contributed by atoms with Crippen molar-refractivity contribution in [2.24, 2.45) is 0 Å². The van der Waals surface area contributed by atoms with Crippen molar-refractivity contribution < 1.29 is 13.7 Å². The second-order valence-electron chi connectivity index (χ2n) is 5.85. The van der Waals surface area contributed by atoms with Gasteiger partial charge in [0, 0.05) is 27.5 Å². The highest BCUT2D eigenvalue weighted by molar-refractivity contribution is 7.84. The van der Waals surface area contributed by atoms with E-state index >= 15 is 0 Å². The van der Waals surface area contributed by atoms with Crippen LogP contribution in [0, 0.1) is 6.92 Å². The normalized spacial score (nSPS) is 11.6. The van der Waals surface area contributed by atoms with Crippen LogP contribution in [-0.4, -0.2) is 16.4 Å². The SMILES string of the molecule is Cc1cccc(Oc2ccccc2NC(=O)c2ccc(S(C)=O)cc2)c1. The minimum absolute atomic E-state index is 0.251. The van der Waals surface area contributed by atoms with Crippen LogP contribution in [-0.2, 0) is 10.8 Å². The van der Waals surface area contributed by atoms with Crippen molar-refractivity contribution in [1.82, 2.24) is 0 Å². The lowest BCUT2D eigenvalue weighted by molar-refractivity contribution is 0.102. The lowest BCUT2D eigenvalue weighted by atomic mass is 10.2. The molecule has 0 radical (unpaired) electrons. The lowest BCUT2D eigenvalue weighted by Crippen LogP contribution is -2.12. The molecule has 5 heteroatoms. The van der Waals surface area contributed by atoms with E-state index < -0.39 is 10.8 Å². The lowest BCUT2D eigenvalue weighted by Gasteiger charge is -2.12. The first-order valence-electron chi connectivity index (χ1n) is 8.11. The van der Waals surface area contributed by atoms with Gasteiger partial charge in [-0.2, -0.15) is 0 Å². The largest absolute Gasteiger partial charge is 0.455 e. The van der Waals surface area contributed by atoms with E-state index in [1.807, 2.05) is 43.3 Å². The van der Waals surface area contributed by atoms with Crippen molar-refractivity contribution >= 4 is 22.4 Å². The van der Waals surface area contributed by atoms with Gasteiger partial charge in [-0.1, -0.05) is 24.3 Å². The minimum atomic E-state index is -1.07. The fourth-order valence-corrected chi connectivity index (χ4v) is 2.98. The third kappa shape index (κ3) is 4.37. The van der Waals surface area contributed by atoms with Crippen molar-refractivity contribution in [3.8, 4) is 11.5 Å².